The minimum Gasteiger partial charge on any atom is -0.480 e. The fourth-order valence-corrected chi connectivity index (χ4v) is 1.80. The average molecular weight is 273 g/mol. The highest BCUT2D eigenvalue weighted by molar-refractivity contribution is 5.97. The number of carboxylic acids is 1. The summed E-state index contributed by atoms with van der Waals surface area (Å²) in [6, 6.07) is 8.86. The summed E-state index contributed by atoms with van der Waals surface area (Å²) in [6.45, 7) is 1.56. The normalized spacial score (nSPS) is 10.2. The molecule has 104 valence electrons. The maximum Gasteiger partial charge on any atom is 0.323 e. The van der Waals surface area contributed by atoms with Crippen molar-refractivity contribution in [1.29, 1.82) is 0 Å². The predicted molar refractivity (Wildman–Crippen MR) is 73.4 cm³/mol. The third-order valence-corrected chi connectivity index (χ3v) is 2.80. The van der Waals surface area contributed by atoms with Crippen molar-refractivity contribution in [1.82, 2.24) is 9.78 Å². The summed E-state index contributed by atoms with van der Waals surface area (Å²) in [4.78, 5) is 24.4. The zero-order valence-electron chi connectivity index (χ0n) is 11.1. The summed E-state index contributed by atoms with van der Waals surface area (Å²) in [6.07, 6.45) is 3.23. The number of hydrogen-bond acceptors (Lipinski definition) is 3. The first-order valence-electron chi connectivity index (χ1n) is 6.12. The first kappa shape index (κ1) is 13.8. The van der Waals surface area contributed by atoms with Gasteiger partial charge in [0.05, 0.1) is 0 Å². The summed E-state index contributed by atoms with van der Waals surface area (Å²) >= 11 is 0. The van der Waals surface area contributed by atoms with Gasteiger partial charge >= 0.3 is 5.97 Å². The molecule has 0 saturated heterocycles. The van der Waals surface area contributed by atoms with Crippen molar-refractivity contribution in [3.05, 3.63) is 48.3 Å². The zero-order valence-corrected chi connectivity index (χ0v) is 11.1. The van der Waals surface area contributed by atoms with Crippen LogP contribution < -0.4 is 4.90 Å². The van der Waals surface area contributed by atoms with Crippen LogP contribution in [-0.4, -0.2) is 33.3 Å². The van der Waals surface area contributed by atoms with Gasteiger partial charge < -0.3 is 5.11 Å². The number of aryl methyl sites for hydroxylation is 1. The standard InChI is InChI=1S/C14H15N3O3/c1-11-3-5-12(6-4-11)17(10-14(19)20)13(18)9-16-8-2-7-15-16/h2-8H,9-10H2,1H3,(H,19,20). The summed E-state index contributed by atoms with van der Waals surface area (Å²) in [5.41, 5.74) is 1.61. The minimum absolute atomic E-state index is 0.00809. The summed E-state index contributed by atoms with van der Waals surface area (Å²) < 4.78 is 1.46. The van der Waals surface area contributed by atoms with Crippen molar-refractivity contribution in [3.8, 4) is 0 Å². The van der Waals surface area contributed by atoms with Gasteiger partial charge in [0.2, 0.25) is 5.91 Å². The molecule has 0 aliphatic rings. The van der Waals surface area contributed by atoms with Crippen LogP contribution in [0.2, 0.25) is 0 Å². The number of aromatic nitrogens is 2. The fraction of sp³-hybridized carbons (Fsp3) is 0.214. The molecule has 20 heavy (non-hydrogen) atoms. The quantitative estimate of drug-likeness (QED) is 0.891. The molecule has 1 heterocycles. The van der Waals surface area contributed by atoms with Crippen LogP contribution in [0.3, 0.4) is 0 Å². The van der Waals surface area contributed by atoms with E-state index in [2.05, 4.69) is 5.10 Å². The number of carbonyl (C=O) groups is 2. The molecule has 0 bridgehead atoms. The van der Waals surface area contributed by atoms with Crippen LogP contribution in [-0.2, 0) is 16.1 Å². The number of aliphatic carboxylic acids is 1. The van der Waals surface area contributed by atoms with Crippen LogP contribution in [0.25, 0.3) is 0 Å². The molecule has 2 rings (SSSR count). The molecule has 0 fully saturated rings. The number of hydrogen-bond donors (Lipinski definition) is 1. The summed E-state index contributed by atoms with van der Waals surface area (Å²) in [5.74, 6) is -1.38. The SMILES string of the molecule is Cc1ccc(N(CC(=O)O)C(=O)Cn2cccn2)cc1. The van der Waals surface area contributed by atoms with E-state index in [-0.39, 0.29) is 19.0 Å². The van der Waals surface area contributed by atoms with Crippen molar-refractivity contribution in [3.63, 3.8) is 0 Å². The first-order chi connectivity index (χ1) is 9.56. The van der Waals surface area contributed by atoms with Gasteiger partial charge in [0.25, 0.3) is 0 Å². The summed E-state index contributed by atoms with van der Waals surface area (Å²) in [7, 11) is 0. The van der Waals surface area contributed by atoms with E-state index in [0.29, 0.717) is 5.69 Å². The second-order valence-corrected chi connectivity index (χ2v) is 4.41. The third-order valence-electron chi connectivity index (χ3n) is 2.80. The molecule has 6 nitrogen and oxygen atoms in total. The number of amides is 1. The predicted octanol–water partition coefficient (Wildman–Crippen LogP) is 1.31. The van der Waals surface area contributed by atoms with Gasteiger partial charge in [-0.1, -0.05) is 17.7 Å². The Hall–Kier alpha value is -2.63. The third kappa shape index (κ3) is 3.44. The van der Waals surface area contributed by atoms with Gasteiger partial charge in [-0.05, 0) is 25.1 Å². The molecule has 0 saturated carbocycles. The van der Waals surface area contributed by atoms with Crippen LogP contribution in [0.5, 0.6) is 0 Å². The molecule has 0 atom stereocenters. The molecule has 0 unspecified atom stereocenters. The van der Waals surface area contributed by atoms with E-state index in [4.69, 9.17) is 5.11 Å². The van der Waals surface area contributed by atoms with Crippen LogP contribution in [0, 0.1) is 6.92 Å². The van der Waals surface area contributed by atoms with Gasteiger partial charge in [0.1, 0.15) is 13.1 Å². The molecule has 0 aliphatic carbocycles. The van der Waals surface area contributed by atoms with Crippen LogP contribution in [0.4, 0.5) is 5.69 Å². The van der Waals surface area contributed by atoms with Gasteiger partial charge in [-0.15, -0.1) is 0 Å². The van der Waals surface area contributed by atoms with Crippen LogP contribution in [0.15, 0.2) is 42.7 Å². The van der Waals surface area contributed by atoms with E-state index in [1.165, 1.54) is 9.58 Å². The first-order valence-corrected chi connectivity index (χ1v) is 6.12. The molecule has 1 aromatic carbocycles. The molecule has 1 aromatic heterocycles. The monoisotopic (exact) mass is 273 g/mol. The highest BCUT2D eigenvalue weighted by atomic mass is 16.4. The van der Waals surface area contributed by atoms with Gasteiger partial charge in [-0.3, -0.25) is 19.2 Å². The number of benzene rings is 1. The largest absolute Gasteiger partial charge is 0.480 e. The lowest BCUT2D eigenvalue weighted by Crippen LogP contribution is -2.38. The Morgan fingerprint density at radius 1 is 1.30 bits per heavy atom. The molecule has 0 radical (unpaired) electrons. The van der Waals surface area contributed by atoms with E-state index in [1.54, 1.807) is 30.6 Å². The van der Waals surface area contributed by atoms with Gasteiger partial charge in [-0.25, -0.2) is 0 Å². The van der Waals surface area contributed by atoms with Crippen molar-refractivity contribution in [2.24, 2.45) is 0 Å². The Morgan fingerprint density at radius 3 is 2.55 bits per heavy atom. The maximum atomic E-state index is 12.2. The highest BCUT2D eigenvalue weighted by Gasteiger charge is 2.19. The number of carbonyl (C=O) groups excluding carboxylic acids is 1. The van der Waals surface area contributed by atoms with Gasteiger partial charge in [0.15, 0.2) is 0 Å². The molecular formula is C14H15N3O3. The molecule has 1 N–H and O–H groups in total. The topological polar surface area (TPSA) is 75.4 Å². The number of anilines is 1. The number of rotatable bonds is 5. The van der Waals surface area contributed by atoms with E-state index in [1.807, 2.05) is 19.1 Å². The lowest BCUT2D eigenvalue weighted by atomic mass is 10.2. The molecule has 2 aromatic rings. The van der Waals surface area contributed by atoms with E-state index in [9.17, 15) is 9.59 Å². The van der Waals surface area contributed by atoms with Gasteiger partial charge in [0, 0.05) is 18.1 Å². The second-order valence-electron chi connectivity index (χ2n) is 4.41. The van der Waals surface area contributed by atoms with Crippen molar-refractivity contribution in [2.45, 2.75) is 13.5 Å². The Morgan fingerprint density at radius 2 is 2.00 bits per heavy atom. The smallest absolute Gasteiger partial charge is 0.323 e. The van der Waals surface area contributed by atoms with Crippen LogP contribution in [0.1, 0.15) is 5.56 Å². The fourth-order valence-electron chi connectivity index (χ4n) is 1.80. The number of carboxylic acid groups (broad SMARTS) is 1. The second kappa shape index (κ2) is 6.01. The zero-order chi connectivity index (χ0) is 14.5. The molecule has 0 aliphatic heterocycles. The van der Waals surface area contributed by atoms with Crippen molar-refractivity contribution >= 4 is 17.6 Å². The highest BCUT2D eigenvalue weighted by Crippen LogP contribution is 2.15. The van der Waals surface area contributed by atoms with Gasteiger partial charge in [-0.2, -0.15) is 5.10 Å². The summed E-state index contributed by atoms with van der Waals surface area (Å²) in [5, 5.41) is 12.9. The Bertz CT molecular complexity index is 591. The Labute approximate surface area is 116 Å². The molecular weight excluding hydrogens is 258 g/mol. The van der Waals surface area contributed by atoms with Crippen molar-refractivity contribution < 1.29 is 14.7 Å². The van der Waals surface area contributed by atoms with E-state index >= 15 is 0 Å². The van der Waals surface area contributed by atoms with Crippen molar-refractivity contribution in [2.75, 3.05) is 11.4 Å². The molecule has 6 heteroatoms. The molecule has 0 spiro atoms. The van der Waals surface area contributed by atoms with E-state index in [0.717, 1.165) is 5.56 Å². The van der Waals surface area contributed by atoms with E-state index < -0.39 is 5.97 Å². The van der Waals surface area contributed by atoms with Crippen LogP contribution >= 0.6 is 0 Å². The lowest BCUT2D eigenvalue weighted by molar-refractivity contribution is -0.136. The Balaban J connectivity index is 2.20. The molecule has 1 amide bonds. The number of nitrogens with zero attached hydrogens (tertiary/aromatic N) is 3. The average Bonchev–Trinajstić information content (AvgIpc) is 2.89. The Kier molecular flexibility index (Phi) is 4.14. The lowest BCUT2D eigenvalue weighted by Gasteiger charge is -2.21. The maximum absolute atomic E-state index is 12.2. The minimum atomic E-state index is -1.06.